The van der Waals surface area contributed by atoms with E-state index in [1.54, 1.807) is 0 Å². The molecule has 2 atom stereocenters. The first-order valence-electron chi connectivity index (χ1n) is 9.28. The molecule has 5 heteroatoms. The van der Waals surface area contributed by atoms with E-state index in [1.165, 1.54) is 14.2 Å². The van der Waals surface area contributed by atoms with Crippen LogP contribution in [0.1, 0.15) is 24.0 Å². The lowest BCUT2D eigenvalue weighted by Gasteiger charge is -2.17. The molecule has 0 amide bonds. The van der Waals surface area contributed by atoms with Gasteiger partial charge in [0, 0.05) is 12.8 Å². The highest BCUT2D eigenvalue weighted by Gasteiger charge is 2.27. The van der Waals surface area contributed by atoms with Gasteiger partial charge in [-0.25, -0.2) is 0 Å². The Balaban J connectivity index is 2.05. The summed E-state index contributed by atoms with van der Waals surface area (Å²) in [4.78, 5) is 37.0. The summed E-state index contributed by atoms with van der Waals surface area (Å²) in [6.07, 6.45) is 0.898. The van der Waals surface area contributed by atoms with Crippen molar-refractivity contribution in [3.63, 3.8) is 0 Å². The number of esters is 2. The van der Waals surface area contributed by atoms with Gasteiger partial charge in [0.05, 0.1) is 26.1 Å². The second kappa shape index (κ2) is 11.0. The predicted octanol–water partition coefficient (Wildman–Crippen LogP) is 3.40. The van der Waals surface area contributed by atoms with Crippen molar-refractivity contribution >= 4 is 17.7 Å². The van der Waals surface area contributed by atoms with Gasteiger partial charge >= 0.3 is 11.9 Å². The number of methoxy groups -OCH3 is 2. The van der Waals surface area contributed by atoms with Crippen molar-refractivity contribution in [3.05, 3.63) is 71.8 Å². The Bertz CT molecular complexity index is 705. The lowest BCUT2D eigenvalue weighted by atomic mass is 9.88. The maximum Gasteiger partial charge on any atom is 0.309 e. The van der Waals surface area contributed by atoms with Gasteiger partial charge in [-0.3, -0.25) is 14.4 Å². The average Bonchev–Trinajstić information content (AvgIpc) is 2.73. The number of carbonyl (C=O) groups is 3. The molecule has 0 heterocycles. The van der Waals surface area contributed by atoms with Gasteiger partial charge in [-0.1, -0.05) is 60.7 Å². The van der Waals surface area contributed by atoms with Crippen LogP contribution in [0.25, 0.3) is 0 Å². The number of Topliss-reactive ketones (excluding diaryl/α,β-unsaturated/α-hetero) is 1. The Kier molecular flexibility index (Phi) is 8.40. The van der Waals surface area contributed by atoms with Crippen LogP contribution in [0.5, 0.6) is 0 Å². The van der Waals surface area contributed by atoms with Gasteiger partial charge in [-0.15, -0.1) is 0 Å². The van der Waals surface area contributed by atoms with Crippen LogP contribution in [0.4, 0.5) is 0 Å². The van der Waals surface area contributed by atoms with Crippen molar-refractivity contribution in [1.29, 1.82) is 0 Å². The summed E-state index contributed by atoms with van der Waals surface area (Å²) in [5.74, 6) is -2.15. The SMILES string of the molecule is COC(=O)[C@H](CC(=O)C[C@@H](Cc1ccccc1)C(=O)OC)Cc1ccccc1. The first kappa shape index (κ1) is 21.4. The van der Waals surface area contributed by atoms with Gasteiger partial charge in [0.25, 0.3) is 0 Å². The molecule has 0 N–H and O–H groups in total. The normalized spacial score (nSPS) is 12.6. The Labute approximate surface area is 165 Å². The minimum absolute atomic E-state index is 0.0316. The third-order valence-electron chi connectivity index (χ3n) is 4.67. The molecular weight excluding hydrogens is 356 g/mol. The summed E-state index contributed by atoms with van der Waals surface area (Å²) in [7, 11) is 2.63. The Hall–Kier alpha value is -2.95. The Morgan fingerprint density at radius 2 is 1.04 bits per heavy atom. The summed E-state index contributed by atoms with van der Waals surface area (Å²) in [5, 5.41) is 0. The first-order chi connectivity index (χ1) is 13.5. The molecule has 2 rings (SSSR count). The van der Waals surface area contributed by atoms with Crippen LogP contribution >= 0.6 is 0 Å². The molecule has 0 radical (unpaired) electrons. The lowest BCUT2D eigenvalue weighted by molar-refractivity contribution is -0.148. The van der Waals surface area contributed by atoms with E-state index in [1.807, 2.05) is 60.7 Å². The number of benzene rings is 2. The van der Waals surface area contributed by atoms with Crippen molar-refractivity contribution < 1.29 is 23.9 Å². The second-order valence-electron chi connectivity index (χ2n) is 6.77. The van der Waals surface area contributed by atoms with Crippen LogP contribution in [0.3, 0.4) is 0 Å². The molecule has 28 heavy (non-hydrogen) atoms. The highest BCUT2D eigenvalue weighted by molar-refractivity contribution is 5.88. The minimum atomic E-state index is -0.574. The number of carbonyl (C=O) groups excluding carboxylic acids is 3. The van der Waals surface area contributed by atoms with E-state index in [9.17, 15) is 14.4 Å². The summed E-state index contributed by atoms with van der Waals surface area (Å²) in [6.45, 7) is 0. The van der Waals surface area contributed by atoms with E-state index in [0.29, 0.717) is 12.8 Å². The molecule has 0 aromatic heterocycles. The molecule has 0 unspecified atom stereocenters. The zero-order valence-electron chi connectivity index (χ0n) is 16.3. The molecule has 0 spiro atoms. The fraction of sp³-hybridized carbons (Fsp3) is 0.348. The smallest absolute Gasteiger partial charge is 0.309 e. The zero-order valence-corrected chi connectivity index (χ0v) is 16.3. The van der Waals surface area contributed by atoms with E-state index in [2.05, 4.69) is 0 Å². The number of rotatable bonds is 10. The van der Waals surface area contributed by atoms with Crippen molar-refractivity contribution in [2.24, 2.45) is 11.8 Å². The molecule has 2 aromatic carbocycles. The van der Waals surface area contributed by atoms with Crippen molar-refractivity contribution in [2.45, 2.75) is 25.7 Å². The highest BCUT2D eigenvalue weighted by atomic mass is 16.5. The summed E-state index contributed by atoms with van der Waals surface area (Å²) < 4.78 is 9.74. The number of ether oxygens (including phenoxy) is 2. The maximum atomic E-state index is 12.7. The van der Waals surface area contributed by atoms with Gasteiger partial charge in [0.1, 0.15) is 5.78 Å². The average molecular weight is 382 g/mol. The highest BCUT2D eigenvalue weighted by Crippen LogP contribution is 2.20. The lowest BCUT2D eigenvalue weighted by Crippen LogP contribution is -2.26. The molecule has 0 aliphatic rings. The third kappa shape index (κ3) is 6.65. The Morgan fingerprint density at radius 1 is 0.679 bits per heavy atom. The maximum absolute atomic E-state index is 12.7. The van der Waals surface area contributed by atoms with E-state index in [0.717, 1.165) is 11.1 Å². The van der Waals surface area contributed by atoms with Crippen molar-refractivity contribution in [2.75, 3.05) is 14.2 Å². The predicted molar refractivity (Wildman–Crippen MR) is 106 cm³/mol. The topological polar surface area (TPSA) is 69.7 Å². The van der Waals surface area contributed by atoms with E-state index >= 15 is 0 Å². The van der Waals surface area contributed by atoms with E-state index in [4.69, 9.17) is 9.47 Å². The van der Waals surface area contributed by atoms with Crippen molar-refractivity contribution in [3.8, 4) is 0 Å². The fourth-order valence-corrected chi connectivity index (χ4v) is 3.24. The van der Waals surface area contributed by atoms with Gasteiger partial charge in [0.2, 0.25) is 0 Å². The standard InChI is InChI=1S/C23H26O5/c1-27-22(25)19(13-17-9-5-3-6-10-17)15-21(24)16-20(23(26)28-2)14-18-11-7-4-8-12-18/h3-12,19-20H,13-16H2,1-2H3/t19-,20+. The van der Waals surface area contributed by atoms with Gasteiger partial charge in [0.15, 0.2) is 0 Å². The summed E-state index contributed by atoms with van der Waals surface area (Å²) in [6, 6.07) is 19.0. The molecule has 0 aliphatic carbocycles. The van der Waals surface area contributed by atoms with Crippen LogP contribution in [0.2, 0.25) is 0 Å². The number of ketones is 1. The second-order valence-corrected chi connectivity index (χ2v) is 6.77. The molecule has 0 fully saturated rings. The number of hydrogen-bond donors (Lipinski definition) is 0. The van der Waals surface area contributed by atoms with Crippen LogP contribution < -0.4 is 0 Å². The van der Waals surface area contributed by atoms with Crippen LogP contribution in [0, 0.1) is 11.8 Å². The third-order valence-corrected chi connectivity index (χ3v) is 4.67. The molecular formula is C23H26O5. The Morgan fingerprint density at radius 3 is 1.36 bits per heavy atom. The summed E-state index contributed by atoms with van der Waals surface area (Å²) in [5.41, 5.74) is 1.92. The van der Waals surface area contributed by atoms with Gasteiger partial charge in [-0.05, 0) is 24.0 Å². The molecule has 0 saturated carbocycles. The van der Waals surface area contributed by atoms with E-state index in [-0.39, 0.29) is 18.6 Å². The minimum Gasteiger partial charge on any atom is -0.469 e. The van der Waals surface area contributed by atoms with Gasteiger partial charge in [-0.2, -0.15) is 0 Å². The molecule has 2 aromatic rings. The monoisotopic (exact) mass is 382 g/mol. The number of hydrogen-bond acceptors (Lipinski definition) is 5. The molecule has 0 saturated heterocycles. The van der Waals surface area contributed by atoms with Crippen molar-refractivity contribution in [1.82, 2.24) is 0 Å². The van der Waals surface area contributed by atoms with Crippen LogP contribution in [0.15, 0.2) is 60.7 Å². The van der Waals surface area contributed by atoms with Crippen LogP contribution in [-0.2, 0) is 36.7 Å². The molecule has 5 nitrogen and oxygen atoms in total. The largest absolute Gasteiger partial charge is 0.469 e. The van der Waals surface area contributed by atoms with E-state index < -0.39 is 23.8 Å². The zero-order chi connectivity index (χ0) is 20.4. The molecule has 0 aliphatic heterocycles. The quantitative estimate of drug-likeness (QED) is 0.589. The summed E-state index contributed by atoms with van der Waals surface area (Å²) >= 11 is 0. The molecule has 148 valence electrons. The fourth-order valence-electron chi connectivity index (χ4n) is 3.24. The van der Waals surface area contributed by atoms with Gasteiger partial charge < -0.3 is 9.47 Å². The first-order valence-corrected chi connectivity index (χ1v) is 9.28. The molecule has 0 bridgehead atoms. The van der Waals surface area contributed by atoms with Crippen LogP contribution in [-0.4, -0.2) is 31.9 Å².